The lowest BCUT2D eigenvalue weighted by molar-refractivity contribution is 0.0284. The van der Waals surface area contributed by atoms with Crippen LogP contribution >= 0.6 is 15.9 Å². The molecule has 0 saturated carbocycles. The van der Waals surface area contributed by atoms with Crippen LogP contribution in [0.25, 0.3) is 0 Å². The summed E-state index contributed by atoms with van der Waals surface area (Å²) in [6.45, 7) is 8.25. The fourth-order valence-corrected chi connectivity index (χ4v) is 3.67. The molecular formula is C16H22BrN3O2. The minimum Gasteiger partial charge on any atom is -0.444 e. The molecule has 3 heterocycles. The van der Waals surface area contributed by atoms with Crippen molar-refractivity contribution in [2.24, 2.45) is 5.92 Å². The van der Waals surface area contributed by atoms with Gasteiger partial charge in [0.2, 0.25) is 0 Å². The average molecular weight is 368 g/mol. The molecule has 2 aliphatic rings. The molecule has 120 valence electrons. The van der Waals surface area contributed by atoms with Gasteiger partial charge in [0.05, 0.1) is 17.9 Å². The maximum absolute atomic E-state index is 12.3. The molecule has 0 bridgehead atoms. The Kier molecular flexibility index (Phi) is 4.05. The Morgan fingerprint density at radius 3 is 2.82 bits per heavy atom. The second-order valence-corrected chi connectivity index (χ2v) is 7.97. The van der Waals surface area contributed by atoms with E-state index in [0.717, 1.165) is 36.2 Å². The summed E-state index contributed by atoms with van der Waals surface area (Å²) in [4.78, 5) is 20.7. The van der Waals surface area contributed by atoms with Crippen molar-refractivity contribution in [1.82, 2.24) is 9.88 Å². The van der Waals surface area contributed by atoms with Gasteiger partial charge in [0.25, 0.3) is 0 Å². The molecular weight excluding hydrogens is 346 g/mol. The zero-order valence-electron chi connectivity index (χ0n) is 13.3. The number of hydrogen-bond donors (Lipinski definition) is 0. The molecule has 1 aromatic rings. The zero-order chi connectivity index (χ0) is 15.9. The van der Waals surface area contributed by atoms with Crippen LogP contribution in [0.2, 0.25) is 0 Å². The first-order valence-corrected chi connectivity index (χ1v) is 8.48. The van der Waals surface area contributed by atoms with Crippen molar-refractivity contribution in [1.29, 1.82) is 0 Å². The molecule has 6 heteroatoms. The molecule has 3 rings (SSSR count). The lowest BCUT2D eigenvalue weighted by Gasteiger charge is -2.28. The SMILES string of the molecule is CC(C)(C)OC(=O)N1CC2CCN(c3cncc(Br)c3)C2C1. The molecule has 0 aromatic carbocycles. The van der Waals surface area contributed by atoms with Gasteiger partial charge >= 0.3 is 6.09 Å². The first kappa shape index (κ1) is 15.6. The normalized spacial score (nSPS) is 24.5. The summed E-state index contributed by atoms with van der Waals surface area (Å²) in [5.74, 6) is 0.520. The Morgan fingerprint density at radius 1 is 1.36 bits per heavy atom. The third-order valence-electron chi connectivity index (χ3n) is 4.22. The molecule has 1 aromatic heterocycles. The Hall–Kier alpha value is -1.30. The third kappa shape index (κ3) is 3.21. The van der Waals surface area contributed by atoms with Crippen molar-refractivity contribution in [3.8, 4) is 0 Å². The van der Waals surface area contributed by atoms with Gasteiger partial charge < -0.3 is 14.5 Å². The number of carbonyl (C=O) groups is 1. The van der Waals surface area contributed by atoms with E-state index in [4.69, 9.17) is 4.74 Å². The number of aromatic nitrogens is 1. The summed E-state index contributed by atoms with van der Waals surface area (Å²) < 4.78 is 6.48. The molecule has 0 N–H and O–H groups in total. The molecule has 22 heavy (non-hydrogen) atoms. The number of likely N-dealkylation sites (tertiary alicyclic amines) is 1. The highest BCUT2D eigenvalue weighted by Gasteiger charge is 2.44. The molecule has 2 unspecified atom stereocenters. The van der Waals surface area contributed by atoms with Crippen molar-refractivity contribution >= 4 is 27.7 Å². The van der Waals surface area contributed by atoms with Crippen molar-refractivity contribution in [2.45, 2.75) is 38.8 Å². The van der Waals surface area contributed by atoms with E-state index >= 15 is 0 Å². The smallest absolute Gasteiger partial charge is 0.410 e. The summed E-state index contributed by atoms with van der Waals surface area (Å²) in [7, 11) is 0. The van der Waals surface area contributed by atoms with Crippen LogP contribution in [0.15, 0.2) is 22.9 Å². The number of hydrogen-bond acceptors (Lipinski definition) is 4. The minimum absolute atomic E-state index is 0.200. The fourth-order valence-electron chi connectivity index (χ4n) is 3.32. The monoisotopic (exact) mass is 367 g/mol. The van der Waals surface area contributed by atoms with Crippen LogP contribution < -0.4 is 4.90 Å². The Labute approximate surface area is 139 Å². The van der Waals surface area contributed by atoms with Gasteiger partial charge in [-0.3, -0.25) is 4.98 Å². The number of ether oxygens (including phenoxy) is 1. The molecule has 2 fully saturated rings. The largest absolute Gasteiger partial charge is 0.444 e. The second-order valence-electron chi connectivity index (χ2n) is 7.06. The summed E-state index contributed by atoms with van der Waals surface area (Å²) in [5.41, 5.74) is 0.677. The summed E-state index contributed by atoms with van der Waals surface area (Å²) in [6, 6.07) is 2.45. The topological polar surface area (TPSA) is 45.7 Å². The molecule has 1 amide bonds. The Balaban J connectivity index is 1.70. The van der Waals surface area contributed by atoms with E-state index in [1.54, 1.807) is 6.20 Å². The zero-order valence-corrected chi connectivity index (χ0v) is 14.8. The molecule has 0 radical (unpaired) electrons. The maximum Gasteiger partial charge on any atom is 0.410 e. The van der Waals surface area contributed by atoms with Crippen molar-refractivity contribution in [3.63, 3.8) is 0 Å². The molecule has 2 atom stereocenters. The highest BCUT2D eigenvalue weighted by Crippen LogP contribution is 2.35. The van der Waals surface area contributed by atoms with Crippen LogP contribution in [0.3, 0.4) is 0 Å². The van der Waals surface area contributed by atoms with Crippen LogP contribution in [0, 0.1) is 5.92 Å². The van der Waals surface area contributed by atoms with E-state index in [1.807, 2.05) is 31.9 Å². The fraction of sp³-hybridized carbons (Fsp3) is 0.625. The third-order valence-corrected chi connectivity index (χ3v) is 4.66. The highest BCUT2D eigenvalue weighted by molar-refractivity contribution is 9.10. The Morgan fingerprint density at radius 2 is 2.14 bits per heavy atom. The number of fused-ring (bicyclic) bond motifs is 1. The summed E-state index contributed by atoms with van der Waals surface area (Å²) in [6.07, 6.45) is 4.59. The van der Waals surface area contributed by atoms with Crippen LogP contribution in [0.1, 0.15) is 27.2 Å². The van der Waals surface area contributed by atoms with Gasteiger partial charge in [-0.2, -0.15) is 0 Å². The molecule has 2 aliphatic heterocycles. The standard InChI is InChI=1S/C16H22BrN3O2/c1-16(2,3)22-15(21)19-9-11-4-5-20(14(11)10-19)13-6-12(17)7-18-8-13/h6-8,11,14H,4-5,9-10H2,1-3H3. The van der Waals surface area contributed by atoms with Gasteiger partial charge in [0.1, 0.15) is 5.60 Å². The molecule has 0 aliphatic carbocycles. The van der Waals surface area contributed by atoms with Gasteiger partial charge in [-0.25, -0.2) is 4.79 Å². The quantitative estimate of drug-likeness (QED) is 0.763. The van der Waals surface area contributed by atoms with Crippen LogP contribution in [0.4, 0.5) is 10.5 Å². The van der Waals surface area contributed by atoms with Gasteiger partial charge in [-0.1, -0.05) is 0 Å². The first-order chi connectivity index (χ1) is 10.3. The first-order valence-electron chi connectivity index (χ1n) is 7.68. The van der Waals surface area contributed by atoms with E-state index < -0.39 is 5.60 Å². The van der Waals surface area contributed by atoms with E-state index in [0.29, 0.717) is 12.0 Å². The van der Waals surface area contributed by atoms with Crippen molar-refractivity contribution < 1.29 is 9.53 Å². The van der Waals surface area contributed by atoms with Gasteiger partial charge in [0.15, 0.2) is 0 Å². The lowest BCUT2D eigenvalue weighted by Crippen LogP contribution is -2.39. The minimum atomic E-state index is -0.442. The predicted molar refractivity (Wildman–Crippen MR) is 89.0 cm³/mol. The van der Waals surface area contributed by atoms with Crippen LogP contribution in [-0.2, 0) is 4.74 Å². The molecule has 2 saturated heterocycles. The highest BCUT2D eigenvalue weighted by atomic mass is 79.9. The van der Waals surface area contributed by atoms with Crippen LogP contribution in [-0.4, -0.2) is 47.3 Å². The van der Waals surface area contributed by atoms with Gasteiger partial charge in [-0.15, -0.1) is 0 Å². The number of carbonyl (C=O) groups excluding carboxylic acids is 1. The number of halogens is 1. The molecule has 0 spiro atoms. The summed E-state index contributed by atoms with van der Waals surface area (Å²) in [5, 5.41) is 0. The van der Waals surface area contributed by atoms with Crippen molar-refractivity contribution in [2.75, 3.05) is 24.5 Å². The molecule has 5 nitrogen and oxygen atoms in total. The predicted octanol–water partition coefficient (Wildman–Crippen LogP) is 3.29. The van der Waals surface area contributed by atoms with E-state index in [1.165, 1.54) is 0 Å². The van der Waals surface area contributed by atoms with Gasteiger partial charge in [0, 0.05) is 36.2 Å². The average Bonchev–Trinajstić information content (AvgIpc) is 2.95. The van der Waals surface area contributed by atoms with Crippen LogP contribution in [0.5, 0.6) is 0 Å². The number of nitrogens with zero attached hydrogens (tertiary/aromatic N) is 3. The van der Waals surface area contributed by atoms with E-state index in [-0.39, 0.29) is 6.09 Å². The maximum atomic E-state index is 12.3. The number of anilines is 1. The number of rotatable bonds is 1. The van der Waals surface area contributed by atoms with E-state index in [2.05, 4.69) is 31.9 Å². The van der Waals surface area contributed by atoms with Gasteiger partial charge in [-0.05, 0) is 49.2 Å². The number of amides is 1. The number of pyridine rings is 1. The Bertz CT molecular complexity index is 573. The van der Waals surface area contributed by atoms with E-state index in [9.17, 15) is 4.79 Å². The second kappa shape index (κ2) is 5.72. The lowest BCUT2D eigenvalue weighted by atomic mass is 10.1. The van der Waals surface area contributed by atoms with Crippen molar-refractivity contribution in [3.05, 3.63) is 22.9 Å². The summed E-state index contributed by atoms with van der Waals surface area (Å²) >= 11 is 3.48.